The van der Waals surface area contributed by atoms with Crippen LogP contribution in [0.2, 0.25) is 0 Å². The van der Waals surface area contributed by atoms with Crippen LogP contribution in [0, 0.1) is 0 Å². The van der Waals surface area contributed by atoms with Crippen LogP contribution in [0.25, 0.3) is 5.69 Å². The third kappa shape index (κ3) is 3.47. The van der Waals surface area contributed by atoms with E-state index in [0.717, 1.165) is 16.5 Å². The molecule has 3 rings (SSSR count). The molecule has 1 heterocycles. The van der Waals surface area contributed by atoms with Gasteiger partial charge in [-0.1, -0.05) is 19.3 Å². The summed E-state index contributed by atoms with van der Waals surface area (Å²) < 4.78 is 1.84. The minimum absolute atomic E-state index is 0.581. The summed E-state index contributed by atoms with van der Waals surface area (Å²) in [6.45, 7) is 0. The molecule has 1 aliphatic carbocycles. The minimum atomic E-state index is 0.581. The number of nitrogens with one attached hydrogen (secondary N) is 1. The van der Waals surface area contributed by atoms with Crippen LogP contribution < -0.4 is 5.32 Å². The molecule has 0 radical (unpaired) electrons. The molecular weight excluding hydrogens is 292 g/mol. The van der Waals surface area contributed by atoms with E-state index in [2.05, 4.69) is 22.4 Å². The van der Waals surface area contributed by atoms with Gasteiger partial charge in [-0.3, -0.25) is 0 Å². The molecule has 0 unspecified atom stereocenters. The van der Waals surface area contributed by atoms with Crippen molar-refractivity contribution in [3.63, 3.8) is 0 Å². The van der Waals surface area contributed by atoms with Gasteiger partial charge >= 0.3 is 0 Å². The largest absolute Gasteiger partial charge is 0.349 e. The second-order valence-corrected chi connectivity index (χ2v) is 6.22. The Labute approximate surface area is 137 Å². The number of anilines is 1. The predicted octanol–water partition coefficient (Wildman–Crippen LogP) is 3.83. The third-order valence-electron chi connectivity index (χ3n) is 4.33. The van der Waals surface area contributed by atoms with Crippen LogP contribution in [-0.4, -0.2) is 32.9 Å². The Kier molecular flexibility index (Phi) is 4.73. The zero-order chi connectivity index (χ0) is 15.4. The highest BCUT2D eigenvalue weighted by atomic mass is 32.1. The van der Waals surface area contributed by atoms with Gasteiger partial charge in [-0.15, -0.1) is 0 Å². The molecule has 0 bridgehead atoms. The van der Waals surface area contributed by atoms with E-state index in [1.807, 2.05) is 41.2 Å². The normalized spacial score (nSPS) is 15.5. The molecule has 0 spiro atoms. The molecule has 116 valence electrons. The summed E-state index contributed by atoms with van der Waals surface area (Å²) in [5.74, 6) is 0. The number of thiocarbonyl (C=S) groups is 1. The molecule has 1 aromatic carbocycles. The molecule has 0 saturated heterocycles. The van der Waals surface area contributed by atoms with Gasteiger partial charge in [0.1, 0.15) is 0 Å². The van der Waals surface area contributed by atoms with Crippen molar-refractivity contribution in [2.45, 2.75) is 38.1 Å². The highest BCUT2D eigenvalue weighted by molar-refractivity contribution is 7.80. The fourth-order valence-electron chi connectivity index (χ4n) is 2.96. The molecule has 4 nitrogen and oxygen atoms in total. The summed E-state index contributed by atoms with van der Waals surface area (Å²) >= 11 is 5.55. The monoisotopic (exact) mass is 314 g/mol. The van der Waals surface area contributed by atoms with Crippen molar-refractivity contribution in [1.82, 2.24) is 14.7 Å². The smallest absolute Gasteiger partial charge is 0.173 e. The second kappa shape index (κ2) is 6.92. The maximum Gasteiger partial charge on any atom is 0.173 e. The first-order chi connectivity index (χ1) is 10.7. The van der Waals surface area contributed by atoms with E-state index in [0.29, 0.717) is 6.04 Å². The highest BCUT2D eigenvalue weighted by Crippen LogP contribution is 2.22. The van der Waals surface area contributed by atoms with E-state index in [1.165, 1.54) is 32.1 Å². The van der Waals surface area contributed by atoms with Gasteiger partial charge in [0.15, 0.2) is 5.11 Å². The van der Waals surface area contributed by atoms with Crippen molar-refractivity contribution in [2.75, 3.05) is 12.4 Å². The second-order valence-electron chi connectivity index (χ2n) is 5.83. The molecule has 0 aliphatic heterocycles. The quantitative estimate of drug-likeness (QED) is 0.873. The van der Waals surface area contributed by atoms with Crippen LogP contribution >= 0.6 is 12.2 Å². The molecule has 0 amide bonds. The first kappa shape index (κ1) is 15.0. The van der Waals surface area contributed by atoms with Crippen molar-refractivity contribution in [3.05, 3.63) is 42.7 Å². The molecule has 1 N–H and O–H groups in total. The number of hydrogen-bond acceptors (Lipinski definition) is 2. The summed E-state index contributed by atoms with van der Waals surface area (Å²) in [6.07, 6.45) is 10.2. The lowest BCUT2D eigenvalue weighted by molar-refractivity contribution is 0.281. The van der Waals surface area contributed by atoms with E-state index in [4.69, 9.17) is 12.2 Å². The zero-order valence-electron chi connectivity index (χ0n) is 12.9. The standard InChI is InChI=1S/C17H22N4S/c1-20(15-6-3-2-4-7-15)17(22)19-14-8-10-16(11-9-14)21-13-5-12-18-21/h5,8-13,15H,2-4,6-7H2,1H3,(H,19,22). The Bertz CT molecular complexity index is 600. The molecule has 2 aromatic rings. The van der Waals surface area contributed by atoms with Crippen molar-refractivity contribution in [1.29, 1.82) is 0 Å². The van der Waals surface area contributed by atoms with Gasteiger partial charge < -0.3 is 10.2 Å². The predicted molar refractivity (Wildman–Crippen MR) is 94.4 cm³/mol. The zero-order valence-corrected chi connectivity index (χ0v) is 13.7. The molecule has 0 atom stereocenters. The summed E-state index contributed by atoms with van der Waals surface area (Å²) in [4.78, 5) is 2.22. The van der Waals surface area contributed by atoms with Crippen molar-refractivity contribution in [2.24, 2.45) is 0 Å². The van der Waals surface area contributed by atoms with Crippen LogP contribution in [0.3, 0.4) is 0 Å². The summed E-state index contributed by atoms with van der Waals surface area (Å²) in [5.41, 5.74) is 2.06. The van der Waals surface area contributed by atoms with Gasteiger partial charge in [-0.05, 0) is 55.4 Å². The van der Waals surface area contributed by atoms with Gasteiger partial charge in [0.05, 0.1) is 5.69 Å². The van der Waals surface area contributed by atoms with Gasteiger partial charge in [0.25, 0.3) is 0 Å². The van der Waals surface area contributed by atoms with Crippen LogP contribution in [0.5, 0.6) is 0 Å². The van der Waals surface area contributed by atoms with Crippen LogP contribution in [0.15, 0.2) is 42.7 Å². The number of aromatic nitrogens is 2. The molecule has 5 heteroatoms. The lowest BCUT2D eigenvalue weighted by Crippen LogP contribution is -2.40. The Morgan fingerprint density at radius 1 is 1.23 bits per heavy atom. The summed E-state index contributed by atoms with van der Waals surface area (Å²) in [5, 5.41) is 8.37. The van der Waals surface area contributed by atoms with Crippen LogP contribution in [-0.2, 0) is 0 Å². The van der Waals surface area contributed by atoms with Crippen molar-refractivity contribution >= 4 is 23.0 Å². The van der Waals surface area contributed by atoms with Gasteiger partial charge in [0, 0.05) is 31.2 Å². The average molecular weight is 314 g/mol. The van der Waals surface area contributed by atoms with Gasteiger partial charge in [0.2, 0.25) is 0 Å². The number of hydrogen-bond donors (Lipinski definition) is 1. The fraction of sp³-hybridized carbons (Fsp3) is 0.412. The van der Waals surface area contributed by atoms with E-state index in [9.17, 15) is 0 Å². The molecule has 1 aliphatic rings. The maximum absolute atomic E-state index is 5.55. The van der Waals surface area contributed by atoms with Gasteiger partial charge in [-0.25, -0.2) is 4.68 Å². The fourth-order valence-corrected chi connectivity index (χ4v) is 3.23. The Morgan fingerprint density at radius 2 is 1.95 bits per heavy atom. The SMILES string of the molecule is CN(C(=S)Nc1ccc(-n2cccn2)cc1)C1CCCCC1. The number of rotatable bonds is 3. The maximum atomic E-state index is 5.55. The molecular formula is C17H22N4S. The van der Waals surface area contributed by atoms with Crippen molar-refractivity contribution < 1.29 is 0 Å². The lowest BCUT2D eigenvalue weighted by atomic mass is 9.95. The molecule has 1 aromatic heterocycles. The molecule has 1 saturated carbocycles. The number of benzene rings is 1. The van der Waals surface area contributed by atoms with Crippen molar-refractivity contribution in [3.8, 4) is 5.69 Å². The highest BCUT2D eigenvalue weighted by Gasteiger charge is 2.19. The first-order valence-corrected chi connectivity index (χ1v) is 8.29. The Balaban J connectivity index is 1.61. The minimum Gasteiger partial charge on any atom is -0.349 e. The van der Waals surface area contributed by atoms with E-state index < -0.39 is 0 Å². The van der Waals surface area contributed by atoms with E-state index in [-0.39, 0.29) is 0 Å². The number of nitrogens with zero attached hydrogens (tertiary/aromatic N) is 3. The average Bonchev–Trinajstić information content (AvgIpc) is 3.10. The van der Waals surface area contributed by atoms with Crippen LogP contribution in [0.1, 0.15) is 32.1 Å². The van der Waals surface area contributed by atoms with Crippen LogP contribution in [0.4, 0.5) is 5.69 Å². The van der Waals surface area contributed by atoms with E-state index in [1.54, 1.807) is 6.20 Å². The van der Waals surface area contributed by atoms with E-state index >= 15 is 0 Å². The third-order valence-corrected chi connectivity index (χ3v) is 4.72. The first-order valence-electron chi connectivity index (χ1n) is 7.88. The topological polar surface area (TPSA) is 33.1 Å². The lowest BCUT2D eigenvalue weighted by Gasteiger charge is -2.33. The van der Waals surface area contributed by atoms with Gasteiger partial charge in [-0.2, -0.15) is 5.10 Å². The summed E-state index contributed by atoms with van der Waals surface area (Å²) in [7, 11) is 2.10. The molecule has 1 fully saturated rings. The molecule has 22 heavy (non-hydrogen) atoms. The Hall–Kier alpha value is -1.88. The Morgan fingerprint density at radius 3 is 2.59 bits per heavy atom. The summed E-state index contributed by atoms with van der Waals surface area (Å²) in [6, 6.07) is 10.7.